The monoisotopic (exact) mass is 178 g/mol. The number of hydrogen-bond donors (Lipinski definition) is 0. The summed E-state index contributed by atoms with van der Waals surface area (Å²) in [6, 6.07) is 0. The van der Waals surface area contributed by atoms with Gasteiger partial charge >= 0.3 is 26.9 Å². The normalized spacial score (nSPS) is 0. The molecule has 0 heterocycles. The van der Waals surface area contributed by atoms with Crippen LogP contribution in [0.25, 0.3) is 0 Å². The molecule has 0 atom stereocenters. The molecule has 0 saturated heterocycles. The molecule has 7 heteroatoms. The Labute approximate surface area is 60.5 Å². The second kappa shape index (κ2) is 2050. The number of hydrogen-bond acceptors (Lipinski definition) is 6. The molecule has 8 heavy (non-hydrogen) atoms. The predicted octanol–water partition coefficient (Wildman–Crippen LogP) is -0.982. The predicted molar refractivity (Wildman–Crippen MR) is 14.9 cm³/mol. The van der Waals surface area contributed by atoms with Gasteiger partial charge in [-0.05, 0) is 0 Å². The summed E-state index contributed by atoms with van der Waals surface area (Å²) in [6.07, 6.45) is 0. The van der Waals surface area contributed by atoms with Crippen LogP contribution in [-0.2, 0) is 19.5 Å². The van der Waals surface area contributed by atoms with Crippen LogP contribution < -0.4 is 0 Å². The molecular weight excluding hydrogens is 173 g/mol. The van der Waals surface area contributed by atoms with E-state index in [-0.39, 0.29) is 59.8 Å². The summed E-state index contributed by atoms with van der Waals surface area (Å²) in [5, 5.41) is 0. The van der Waals surface area contributed by atoms with E-state index < -0.39 is 0 Å². The van der Waals surface area contributed by atoms with Crippen molar-refractivity contribution in [2.75, 3.05) is 0 Å². The van der Waals surface area contributed by atoms with Gasteiger partial charge in [0.25, 0.3) is 0 Å². The van der Waals surface area contributed by atoms with Crippen molar-refractivity contribution in [3.8, 4) is 0 Å². The number of rotatable bonds is 0. The van der Waals surface area contributed by atoms with Gasteiger partial charge in [0, 0.05) is 0 Å². The Kier molecular flexibility index (Phi) is 796000. The van der Waals surface area contributed by atoms with Gasteiger partial charge < -0.3 is 32.9 Å². The van der Waals surface area contributed by atoms with Crippen LogP contribution >= 0.6 is 0 Å². The third-order valence-corrected chi connectivity index (χ3v) is 0. The average molecular weight is 179 g/mol. The van der Waals surface area contributed by atoms with Crippen molar-refractivity contribution in [1.29, 1.82) is 0 Å². The summed E-state index contributed by atoms with van der Waals surface area (Å²) < 4.78 is 0. The van der Waals surface area contributed by atoms with Gasteiger partial charge in [0.05, 0.1) is 0 Å². The second-order valence-corrected chi connectivity index (χ2v) is 0. The molecule has 0 aromatic rings. The van der Waals surface area contributed by atoms with Gasteiger partial charge in [0.1, 0.15) is 0 Å². The van der Waals surface area contributed by atoms with Crippen LogP contribution in [-0.4, -0.2) is 32.9 Å². The van der Waals surface area contributed by atoms with E-state index in [1.165, 1.54) is 0 Å². The molecule has 48 valence electrons. The van der Waals surface area contributed by atoms with Gasteiger partial charge in [0.15, 0.2) is 0 Å². The van der Waals surface area contributed by atoms with E-state index in [2.05, 4.69) is 0 Å². The Morgan fingerprint density at radius 1 is 0.375 bits per heavy atom. The van der Waals surface area contributed by atoms with E-state index in [9.17, 15) is 0 Å². The Balaban J connectivity index is 0. The van der Waals surface area contributed by atoms with Crippen LogP contribution in [0.2, 0.25) is 0 Å². The Bertz CT molecular complexity index is 8.49. The van der Waals surface area contributed by atoms with Crippen molar-refractivity contribution in [2.45, 2.75) is 0 Å². The van der Waals surface area contributed by atoms with Crippen molar-refractivity contribution in [3.05, 3.63) is 7.43 Å². The molecule has 6 nitrogen and oxygen atoms in total. The van der Waals surface area contributed by atoms with Gasteiger partial charge in [-0.1, -0.05) is 0 Å². The Hall–Kier alpha value is 0.383. The van der Waals surface area contributed by atoms with Crippen molar-refractivity contribution in [1.82, 2.24) is 0 Å². The molecule has 0 aromatic heterocycles. The van der Waals surface area contributed by atoms with E-state index in [1.807, 2.05) is 0 Å². The maximum absolute atomic E-state index is 0. The zero-order chi connectivity index (χ0) is 0. The zero-order valence-corrected chi connectivity index (χ0v) is 6.86. The second-order valence-electron chi connectivity index (χ2n) is 0. The van der Waals surface area contributed by atoms with Crippen molar-refractivity contribution in [2.24, 2.45) is 0 Å². The third kappa shape index (κ3) is 1260. The quantitative estimate of drug-likeness (QED) is 0.430. The molecule has 0 radical (unpaired) electrons. The smallest absolute Gasteiger partial charge is 0.870 e. The fraction of sp³-hybridized carbons (Fsp3) is 0. The minimum Gasteiger partial charge on any atom is -0.870 e. The van der Waals surface area contributed by atoms with Crippen molar-refractivity contribution in [3.63, 3.8) is 0 Å². The van der Waals surface area contributed by atoms with Crippen LogP contribution in [0.5, 0.6) is 0 Å². The maximum atomic E-state index is 0. The van der Waals surface area contributed by atoms with Gasteiger partial charge in [0.2, 0.25) is 0 Å². The van der Waals surface area contributed by atoms with E-state index in [1.54, 1.807) is 0 Å². The molecule has 0 aliphatic carbocycles. The van der Waals surface area contributed by atoms with Crippen LogP contribution in [0.3, 0.4) is 0 Å². The van der Waals surface area contributed by atoms with E-state index in [0.29, 0.717) is 0 Å². The molecule has 0 aromatic carbocycles. The van der Waals surface area contributed by atoms with Gasteiger partial charge in [-0.15, -0.1) is 0 Å². The van der Waals surface area contributed by atoms with Crippen molar-refractivity contribution >= 4 is 0 Å². The van der Waals surface area contributed by atoms with Crippen molar-refractivity contribution < 1.29 is 52.3 Å². The first-order valence-electron chi connectivity index (χ1n) is 0. The minimum atomic E-state index is 0. The molecule has 0 amide bonds. The first-order valence-corrected chi connectivity index (χ1v) is 0. The molecule has 0 fully saturated rings. The van der Waals surface area contributed by atoms with E-state index >= 15 is 0 Å². The molecule has 0 aliphatic rings. The van der Waals surface area contributed by atoms with Crippen LogP contribution in [0.4, 0.5) is 0 Å². The van der Waals surface area contributed by atoms with Crippen LogP contribution in [0.15, 0.2) is 0 Å². The zero-order valence-electron chi connectivity index (χ0n) is 3.89. The summed E-state index contributed by atoms with van der Waals surface area (Å²) in [4.78, 5) is 0. The van der Waals surface area contributed by atoms with E-state index in [0.717, 1.165) is 0 Å². The third-order valence-electron chi connectivity index (χ3n) is 0. The van der Waals surface area contributed by atoms with Crippen LogP contribution in [0.1, 0.15) is 0 Å². The van der Waals surface area contributed by atoms with Gasteiger partial charge in [-0.3, -0.25) is 0 Å². The molecule has 0 aliphatic heterocycles. The molecule has 0 spiro atoms. The summed E-state index contributed by atoms with van der Waals surface area (Å²) in [6.45, 7) is 0. The summed E-state index contributed by atoms with van der Waals surface area (Å²) in [5.74, 6) is 0. The molecule has 0 saturated carbocycles. The molecular formula is CH6O6Zn. The van der Waals surface area contributed by atoms with Gasteiger partial charge in [-0.25, -0.2) is 0 Å². The Morgan fingerprint density at radius 2 is 0.375 bits per heavy atom. The Morgan fingerprint density at radius 3 is 0.375 bits per heavy atom. The molecule has 0 bridgehead atoms. The van der Waals surface area contributed by atoms with Crippen LogP contribution in [0, 0.1) is 7.43 Å². The summed E-state index contributed by atoms with van der Waals surface area (Å²) in [5.41, 5.74) is 0. The summed E-state index contributed by atoms with van der Waals surface area (Å²) in [7, 11) is 0. The maximum Gasteiger partial charge on any atom is 4.00 e. The average Bonchev–Trinajstić information content (AvgIpc) is 0. The fourth-order valence-electron chi connectivity index (χ4n) is 0. The molecule has 0 rings (SSSR count). The SMILES string of the molecule is [C+4].[OH-].[OH-].[OH-].[OH-].[OH-].[OH-].[Zn+2]. The minimum absolute atomic E-state index is 0. The summed E-state index contributed by atoms with van der Waals surface area (Å²) >= 11 is 0. The van der Waals surface area contributed by atoms with Gasteiger partial charge in [-0.2, -0.15) is 0 Å². The standard InChI is InChI=1S/C.6H2O.Zn/h;6*1H2;/q+4;;;;;;;+2/p-6. The topological polar surface area (TPSA) is 180 Å². The first kappa shape index (κ1) is 3110. The molecule has 0 unspecified atom stereocenters. The first-order chi connectivity index (χ1) is 0. The van der Waals surface area contributed by atoms with E-state index in [4.69, 9.17) is 0 Å². The fourth-order valence-corrected chi connectivity index (χ4v) is 0. The largest absolute Gasteiger partial charge is 4.00 e. The molecule has 6 N–H and O–H groups in total.